The van der Waals surface area contributed by atoms with E-state index < -0.39 is 5.97 Å². The number of ether oxygens (including phenoxy) is 2. The van der Waals surface area contributed by atoms with Crippen molar-refractivity contribution in [1.29, 1.82) is 0 Å². The van der Waals surface area contributed by atoms with Crippen LogP contribution in [-0.4, -0.2) is 17.9 Å². The van der Waals surface area contributed by atoms with E-state index in [1.54, 1.807) is 6.07 Å². The molecule has 0 saturated heterocycles. The summed E-state index contributed by atoms with van der Waals surface area (Å²) in [6.45, 7) is 0.518. The number of nitrogen functional groups attached to an aromatic ring is 1. The van der Waals surface area contributed by atoms with Crippen LogP contribution in [0.3, 0.4) is 0 Å². The van der Waals surface area contributed by atoms with Gasteiger partial charge in [-0.1, -0.05) is 30.3 Å². The van der Waals surface area contributed by atoms with E-state index in [1.807, 2.05) is 30.3 Å². The van der Waals surface area contributed by atoms with Gasteiger partial charge in [0.05, 0.1) is 12.2 Å². The van der Waals surface area contributed by atoms with Gasteiger partial charge < -0.3 is 20.3 Å². The lowest BCUT2D eigenvalue weighted by Gasteiger charge is -2.09. The Kier molecular flexibility index (Phi) is 4.57. The molecule has 0 aliphatic heterocycles. The molecule has 5 nitrogen and oxygen atoms in total. The molecular formula is C15H15NO4. The van der Waals surface area contributed by atoms with E-state index in [0.29, 0.717) is 12.4 Å². The second-order valence-electron chi connectivity index (χ2n) is 4.15. The number of carboxylic acids is 1. The van der Waals surface area contributed by atoms with Crippen molar-refractivity contribution >= 4 is 11.7 Å². The average molecular weight is 273 g/mol. The van der Waals surface area contributed by atoms with Crippen molar-refractivity contribution in [2.45, 2.75) is 6.61 Å². The van der Waals surface area contributed by atoms with Crippen LogP contribution in [0.2, 0.25) is 0 Å². The predicted octanol–water partition coefficient (Wildman–Crippen LogP) is 2.52. The van der Waals surface area contributed by atoms with Crippen LogP contribution in [0, 0.1) is 0 Å². The first-order valence-electron chi connectivity index (χ1n) is 6.04. The van der Waals surface area contributed by atoms with E-state index in [-0.39, 0.29) is 18.0 Å². The highest BCUT2D eigenvalue weighted by atomic mass is 16.7. The van der Waals surface area contributed by atoms with Gasteiger partial charge in [-0.3, -0.25) is 0 Å². The maximum Gasteiger partial charge on any atom is 0.337 e. The third kappa shape index (κ3) is 3.73. The Morgan fingerprint density at radius 1 is 1.15 bits per heavy atom. The molecule has 2 aromatic rings. The molecule has 0 aliphatic rings. The van der Waals surface area contributed by atoms with Gasteiger partial charge >= 0.3 is 5.97 Å². The smallest absolute Gasteiger partial charge is 0.337 e. The zero-order valence-corrected chi connectivity index (χ0v) is 10.8. The van der Waals surface area contributed by atoms with Gasteiger partial charge in [-0.2, -0.15) is 0 Å². The van der Waals surface area contributed by atoms with E-state index in [4.69, 9.17) is 20.3 Å². The molecule has 5 heteroatoms. The first-order chi connectivity index (χ1) is 9.66. The number of benzene rings is 2. The van der Waals surface area contributed by atoms with Crippen LogP contribution in [-0.2, 0) is 11.3 Å². The van der Waals surface area contributed by atoms with Crippen molar-refractivity contribution in [3.05, 3.63) is 59.7 Å². The third-order valence-corrected chi connectivity index (χ3v) is 2.67. The molecule has 0 spiro atoms. The molecule has 0 atom stereocenters. The lowest BCUT2D eigenvalue weighted by Crippen LogP contribution is -2.05. The van der Waals surface area contributed by atoms with Crippen LogP contribution >= 0.6 is 0 Å². The summed E-state index contributed by atoms with van der Waals surface area (Å²) in [6.07, 6.45) is 0. The Morgan fingerprint density at radius 3 is 2.55 bits per heavy atom. The second kappa shape index (κ2) is 6.58. The molecule has 104 valence electrons. The summed E-state index contributed by atoms with van der Waals surface area (Å²) in [4.78, 5) is 10.8. The Morgan fingerprint density at radius 2 is 1.90 bits per heavy atom. The fourth-order valence-electron chi connectivity index (χ4n) is 1.67. The van der Waals surface area contributed by atoms with E-state index >= 15 is 0 Å². The highest BCUT2D eigenvalue weighted by Crippen LogP contribution is 2.20. The summed E-state index contributed by atoms with van der Waals surface area (Å²) in [5.74, 6) is -0.588. The lowest BCUT2D eigenvalue weighted by atomic mass is 10.2. The minimum Gasteiger partial charge on any atom is -0.478 e. The molecule has 0 heterocycles. The normalized spacial score (nSPS) is 10.2. The number of hydrogen-bond donors (Lipinski definition) is 2. The number of nitrogens with two attached hydrogens (primary N) is 1. The highest BCUT2D eigenvalue weighted by Gasteiger charge is 2.08. The van der Waals surface area contributed by atoms with Crippen molar-refractivity contribution in [1.82, 2.24) is 0 Å². The Bertz CT molecular complexity index is 584. The quantitative estimate of drug-likeness (QED) is 0.480. The fourth-order valence-corrected chi connectivity index (χ4v) is 1.67. The summed E-state index contributed by atoms with van der Waals surface area (Å²) < 4.78 is 10.7. The van der Waals surface area contributed by atoms with Crippen LogP contribution in [0.4, 0.5) is 5.69 Å². The largest absolute Gasteiger partial charge is 0.478 e. The molecule has 2 rings (SSSR count). The molecule has 0 saturated carbocycles. The Hall–Kier alpha value is -2.53. The van der Waals surface area contributed by atoms with Gasteiger partial charge in [0.15, 0.2) is 6.79 Å². The SMILES string of the molecule is Nc1cc(OCOCc2ccccc2)ccc1C(=O)O. The molecular weight excluding hydrogens is 258 g/mol. The zero-order valence-electron chi connectivity index (χ0n) is 10.8. The van der Waals surface area contributed by atoms with Crippen LogP contribution in [0.15, 0.2) is 48.5 Å². The number of carbonyl (C=O) groups is 1. The maximum atomic E-state index is 10.8. The molecule has 20 heavy (non-hydrogen) atoms. The number of carboxylic acid groups (broad SMARTS) is 1. The van der Waals surface area contributed by atoms with Crippen molar-refractivity contribution in [3.8, 4) is 5.75 Å². The monoisotopic (exact) mass is 273 g/mol. The number of aromatic carboxylic acids is 1. The van der Waals surface area contributed by atoms with Gasteiger partial charge in [0, 0.05) is 11.8 Å². The first kappa shape index (κ1) is 13.9. The highest BCUT2D eigenvalue weighted by molar-refractivity contribution is 5.93. The number of hydrogen-bond acceptors (Lipinski definition) is 4. The summed E-state index contributed by atoms with van der Waals surface area (Å²) in [5.41, 5.74) is 6.89. The molecule has 3 N–H and O–H groups in total. The Labute approximate surface area is 116 Å². The number of anilines is 1. The van der Waals surface area contributed by atoms with Crippen LogP contribution in [0.25, 0.3) is 0 Å². The van der Waals surface area contributed by atoms with Gasteiger partial charge in [-0.05, 0) is 17.7 Å². The number of rotatable bonds is 6. The minimum atomic E-state index is -1.06. The molecule has 0 amide bonds. The van der Waals surface area contributed by atoms with Gasteiger partial charge in [0.1, 0.15) is 5.75 Å². The van der Waals surface area contributed by atoms with Crippen LogP contribution < -0.4 is 10.5 Å². The van der Waals surface area contributed by atoms with Crippen LogP contribution in [0.5, 0.6) is 5.75 Å². The second-order valence-corrected chi connectivity index (χ2v) is 4.15. The molecule has 0 unspecified atom stereocenters. The first-order valence-corrected chi connectivity index (χ1v) is 6.04. The Balaban J connectivity index is 1.83. The summed E-state index contributed by atoms with van der Waals surface area (Å²) in [5, 5.41) is 8.85. The van der Waals surface area contributed by atoms with Gasteiger partial charge in [0.25, 0.3) is 0 Å². The predicted molar refractivity (Wildman–Crippen MR) is 74.5 cm³/mol. The van der Waals surface area contributed by atoms with Crippen molar-refractivity contribution < 1.29 is 19.4 Å². The molecule has 0 radical (unpaired) electrons. The summed E-state index contributed by atoms with van der Waals surface area (Å²) >= 11 is 0. The van der Waals surface area contributed by atoms with Gasteiger partial charge in [-0.25, -0.2) is 4.79 Å². The van der Waals surface area contributed by atoms with E-state index in [1.165, 1.54) is 12.1 Å². The summed E-state index contributed by atoms with van der Waals surface area (Å²) in [7, 11) is 0. The molecule has 0 bridgehead atoms. The molecule has 2 aromatic carbocycles. The molecule has 0 aliphatic carbocycles. The van der Waals surface area contributed by atoms with Crippen molar-refractivity contribution in [2.24, 2.45) is 0 Å². The summed E-state index contributed by atoms with van der Waals surface area (Å²) in [6, 6.07) is 14.1. The van der Waals surface area contributed by atoms with E-state index in [2.05, 4.69) is 0 Å². The molecule has 0 fully saturated rings. The van der Waals surface area contributed by atoms with Gasteiger partial charge in [0.2, 0.25) is 0 Å². The molecule has 0 aromatic heterocycles. The fraction of sp³-hybridized carbons (Fsp3) is 0.133. The van der Waals surface area contributed by atoms with E-state index in [9.17, 15) is 4.79 Å². The standard InChI is InChI=1S/C15H15NO4/c16-14-8-12(6-7-13(14)15(17)18)20-10-19-9-11-4-2-1-3-5-11/h1-8H,9-10,16H2,(H,17,18). The maximum absolute atomic E-state index is 10.8. The van der Waals surface area contributed by atoms with Crippen LogP contribution in [0.1, 0.15) is 15.9 Å². The van der Waals surface area contributed by atoms with Gasteiger partial charge in [-0.15, -0.1) is 0 Å². The average Bonchev–Trinajstić information content (AvgIpc) is 2.44. The zero-order chi connectivity index (χ0) is 14.4. The van der Waals surface area contributed by atoms with Crippen molar-refractivity contribution in [3.63, 3.8) is 0 Å². The minimum absolute atomic E-state index is 0.0579. The lowest BCUT2D eigenvalue weighted by molar-refractivity contribution is 0.00508. The third-order valence-electron chi connectivity index (χ3n) is 2.67. The van der Waals surface area contributed by atoms with Crippen molar-refractivity contribution in [2.75, 3.05) is 12.5 Å². The van der Waals surface area contributed by atoms with E-state index in [0.717, 1.165) is 5.56 Å². The topological polar surface area (TPSA) is 81.8 Å².